The summed E-state index contributed by atoms with van der Waals surface area (Å²) in [6.45, 7) is 0.150. The van der Waals surface area contributed by atoms with Crippen LogP contribution >= 0.6 is 11.6 Å². The summed E-state index contributed by atoms with van der Waals surface area (Å²) in [5, 5.41) is 2.64. The normalized spacial score (nSPS) is 11.9. The Morgan fingerprint density at radius 2 is 1.53 bits per heavy atom. The van der Waals surface area contributed by atoms with Gasteiger partial charge >= 0.3 is 18.4 Å². The lowest BCUT2D eigenvalue weighted by Crippen LogP contribution is -2.36. The molecule has 0 spiro atoms. The molecule has 0 saturated heterocycles. The standard InChI is InChI=1S/C23H18ClF6N3O/c24-18-6-4-15(5-7-18)14-33(10-8-19-3-1-2-9-31-19)21(34)32-20-12-16(22(25,26)27)11-17(13-20)23(28,29)30/h1-7,9,11-13H,8,10,14H2,(H,32,34). The molecule has 0 atom stereocenters. The second-order valence-electron chi connectivity index (χ2n) is 7.34. The average Bonchev–Trinajstić information content (AvgIpc) is 2.77. The summed E-state index contributed by atoms with van der Waals surface area (Å²) in [5.41, 5.74) is -2.33. The maximum absolute atomic E-state index is 13.2. The number of carbonyl (C=O) groups excluding carboxylic acids is 1. The van der Waals surface area contributed by atoms with Crippen LogP contribution in [-0.4, -0.2) is 22.5 Å². The minimum Gasteiger partial charge on any atom is -0.320 e. The average molecular weight is 502 g/mol. The van der Waals surface area contributed by atoms with E-state index in [1.165, 1.54) is 4.90 Å². The number of hydrogen-bond donors (Lipinski definition) is 1. The predicted octanol–water partition coefficient (Wildman–Crippen LogP) is 7.05. The van der Waals surface area contributed by atoms with Gasteiger partial charge in [0.1, 0.15) is 0 Å². The number of benzene rings is 2. The Morgan fingerprint density at radius 1 is 0.912 bits per heavy atom. The van der Waals surface area contributed by atoms with Crippen molar-refractivity contribution in [1.29, 1.82) is 0 Å². The zero-order chi connectivity index (χ0) is 24.9. The molecule has 0 bridgehead atoms. The number of carbonyl (C=O) groups is 1. The number of nitrogens with zero attached hydrogens (tertiary/aromatic N) is 2. The minimum absolute atomic E-state index is 0.00219. The second-order valence-corrected chi connectivity index (χ2v) is 7.78. The molecular formula is C23H18ClF6N3O. The van der Waals surface area contributed by atoms with Crippen LogP contribution in [0.4, 0.5) is 36.8 Å². The topological polar surface area (TPSA) is 45.2 Å². The van der Waals surface area contributed by atoms with E-state index >= 15 is 0 Å². The highest BCUT2D eigenvalue weighted by atomic mass is 35.5. The Kier molecular flexibility index (Phi) is 7.71. The van der Waals surface area contributed by atoms with Crippen LogP contribution < -0.4 is 5.32 Å². The molecule has 0 aliphatic heterocycles. The first-order chi connectivity index (χ1) is 15.9. The molecule has 11 heteroatoms. The number of urea groups is 1. The largest absolute Gasteiger partial charge is 0.416 e. The van der Waals surface area contributed by atoms with Crippen molar-refractivity contribution < 1.29 is 31.1 Å². The van der Waals surface area contributed by atoms with Crippen molar-refractivity contribution in [2.45, 2.75) is 25.3 Å². The van der Waals surface area contributed by atoms with Gasteiger partial charge in [0, 0.05) is 42.1 Å². The van der Waals surface area contributed by atoms with Gasteiger partial charge in [-0.05, 0) is 48.0 Å². The molecule has 1 heterocycles. The fraction of sp³-hybridized carbons (Fsp3) is 0.217. The van der Waals surface area contributed by atoms with Crippen molar-refractivity contribution in [2.75, 3.05) is 11.9 Å². The van der Waals surface area contributed by atoms with Gasteiger partial charge in [-0.1, -0.05) is 29.8 Å². The summed E-state index contributed by atoms with van der Waals surface area (Å²) in [6.07, 6.45) is -8.16. The SMILES string of the molecule is O=C(Nc1cc(C(F)(F)F)cc(C(F)(F)F)c1)N(CCc1ccccn1)Cc1ccc(Cl)cc1. The van der Waals surface area contributed by atoms with Gasteiger partial charge < -0.3 is 10.2 Å². The number of alkyl halides is 6. The van der Waals surface area contributed by atoms with E-state index in [0.29, 0.717) is 34.8 Å². The van der Waals surface area contributed by atoms with Crippen molar-refractivity contribution in [3.05, 3.63) is 94.3 Å². The van der Waals surface area contributed by atoms with Crippen molar-refractivity contribution in [3.8, 4) is 0 Å². The molecular weight excluding hydrogens is 484 g/mol. The molecule has 180 valence electrons. The Labute approximate surface area is 196 Å². The third kappa shape index (κ3) is 7.11. The first kappa shape index (κ1) is 25.4. The van der Waals surface area contributed by atoms with E-state index in [0.717, 1.165) is 0 Å². The van der Waals surface area contributed by atoms with E-state index < -0.39 is 35.2 Å². The molecule has 0 saturated carbocycles. The van der Waals surface area contributed by atoms with Crippen LogP contribution in [0.25, 0.3) is 0 Å². The van der Waals surface area contributed by atoms with E-state index in [1.807, 2.05) is 0 Å². The molecule has 0 radical (unpaired) electrons. The number of hydrogen-bond acceptors (Lipinski definition) is 2. The van der Waals surface area contributed by atoms with E-state index in [4.69, 9.17) is 11.6 Å². The van der Waals surface area contributed by atoms with Gasteiger partial charge in [-0.15, -0.1) is 0 Å². The van der Waals surface area contributed by atoms with E-state index in [2.05, 4.69) is 10.3 Å². The van der Waals surface area contributed by atoms with Gasteiger partial charge in [0.25, 0.3) is 0 Å². The molecule has 2 aromatic carbocycles. The number of pyridine rings is 1. The minimum atomic E-state index is -5.03. The predicted molar refractivity (Wildman–Crippen MR) is 115 cm³/mol. The molecule has 34 heavy (non-hydrogen) atoms. The lowest BCUT2D eigenvalue weighted by atomic mass is 10.1. The molecule has 0 unspecified atom stereocenters. The highest BCUT2D eigenvalue weighted by molar-refractivity contribution is 6.30. The van der Waals surface area contributed by atoms with Gasteiger partial charge in [0.05, 0.1) is 11.1 Å². The number of halogens is 7. The van der Waals surface area contributed by atoms with E-state index in [9.17, 15) is 31.1 Å². The fourth-order valence-electron chi connectivity index (χ4n) is 3.09. The molecule has 3 aromatic rings. The Hall–Kier alpha value is -3.27. The summed E-state index contributed by atoms with van der Waals surface area (Å²) in [5.74, 6) is 0. The summed E-state index contributed by atoms with van der Waals surface area (Å²) < 4.78 is 78.9. The first-order valence-electron chi connectivity index (χ1n) is 9.91. The number of nitrogens with one attached hydrogen (secondary N) is 1. The smallest absolute Gasteiger partial charge is 0.320 e. The maximum Gasteiger partial charge on any atom is 0.416 e. The molecule has 0 aliphatic carbocycles. The zero-order valence-corrected chi connectivity index (χ0v) is 18.2. The Balaban J connectivity index is 1.86. The molecule has 1 aromatic heterocycles. The van der Waals surface area contributed by atoms with Crippen LogP contribution in [0.3, 0.4) is 0 Å². The van der Waals surface area contributed by atoms with Crippen molar-refractivity contribution in [1.82, 2.24) is 9.88 Å². The molecule has 4 nitrogen and oxygen atoms in total. The molecule has 3 rings (SSSR count). The number of amides is 2. The maximum atomic E-state index is 13.2. The monoisotopic (exact) mass is 501 g/mol. The van der Waals surface area contributed by atoms with Crippen LogP contribution in [0.2, 0.25) is 5.02 Å². The highest BCUT2D eigenvalue weighted by Crippen LogP contribution is 2.37. The number of rotatable bonds is 6. The van der Waals surface area contributed by atoms with Crippen LogP contribution in [0, 0.1) is 0 Å². The van der Waals surface area contributed by atoms with Gasteiger partial charge in [-0.3, -0.25) is 4.98 Å². The summed E-state index contributed by atoms with van der Waals surface area (Å²) in [4.78, 5) is 18.4. The van der Waals surface area contributed by atoms with Gasteiger partial charge in [-0.25, -0.2) is 4.79 Å². The summed E-state index contributed by atoms with van der Waals surface area (Å²) >= 11 is 5.88. The third-order valence-electron chi connectivity index (χ3n) is 4.78. The highest BCUT2D eigenvalue weighted by Gasteiger charge is 2.37. The Bertz CT molecular complexity index is 1090. The van der Waals surface area contributed by atoms with E-state index in [-0.39, 0.29) is 19.2 Å². The van der Waals surface area contributed by atoms with Crippen molar-refractivity contribution in [3.63, 3.8) is 0 Å². The van der Waals surface area contributed by atoms with Crippen LogP contribution in [0.1, 0.15) is 22.4 Å². The van der Waals surface area contributed by atoms with Crippen molar-refractivity contribution in [2.24, 2.45) is 0 Å². The van der Waals surface area contributed by atoms with Gasteiger partial charge in [0.15, 0.2) is 0 Å². The summed E-state index contributed by atoms with van der Waals surface area (Å²) in [7, 11) is 0. The van der Waals surface area contributed by atoms with Gasteiger partial charge in [0.2, 0.25) is 0 Å². The Morgan fingerprint density at radius 3 is 2.06 bits per heavy atom. The van der Waals surface area contributed by atoms with E-state index in [1.54, 1.807) is 48.7 Å². The summed E-state index contributed by atoms with van der Waals surface area (Å²) in [6, 6.07) is 11.8. The van der Waals surface area contributed by atoms with Crippen LogP contribution in [0.15, 0.2) is 66.9 Å². The quantitative estimate of drug-likeness (QED) is 0.368. The molecule has 2 amide bonds. The van der Waals surface area contributed by atoms with Crippen LogP contribution in [0.5, 0.6) is 0 Å². The third-order valence-corrected chi connectivity index (χ3v) is 5.03. The molecule has 0 fully saturated rings. The number of anilines is 1. The molecule has 1 N–H and O–H groups in total. The van der Waals surface area contributed by atoms with Gasteiger partial charge in [-0.2, -0.15) is 26.3 Å². The fourth-order valence-corrected chi connectivity index (χ4v) is 3.21. The van der Waals surface area contributed by atoms with Crippen LogP contribution in [-0.2, 0) is 25.3 Å². The number of aromatic nitrogens is 1. The second kappa shape index (κ2) is 10.3. The zero-order valence-electron chi connectivity index (χ0n) is 17.4. The lowest BCUT2D eigenvalue weighted by Gasteiger charge is -2.24. The lowest BCUT2D eigenvalue weighted by molar-refractivity contribution is -0.143. The van der Waals surface area contributed by atoms with Crippen molar-refractivity contribution >= 4 is 23.3 Å². The molecule has 0 aliphatic rings. The first-order valence-corrected chi connectivity index (χ1v) is 10.3.